The van der Waals surface area contributed by atoms with Gasteiger partial charge in [0.1, 0.15) is 5.60 Å². The summed E-state index contributed by atoms with van der Waals surface area (Å²) < 4.78 is 0. The third-order valence-corrected chi connectivity index (χ3v) is 5.99. The maximum Gasteiger partial charge on any atom is 0.256 e. The number of benzene rings is 1. The van der Waals surface area contributed by atoms with Crippen LogP contribution in [0.1, 0.15) is 36.8 Å². The summed E-state index contributed by atoms with van der Waals surface area (Å²) in [7, 11) is 0. The minimum atomic E-state index is -1.17. The monoisotopic (exact) mass is 334 g/mol. The largest absolute Gasteiger partial charge is 0.380 e. The summed E-state index contributed by atoms with van der Waals surface area (Å²) in [6.07, 6.45) is 3.00. The van der Waals surface area contributed by atoms with E-state index < -0.39 is 5.60 Å². The third-order valence-electron chi connectivity index (χ3n) is 5.05. The predicted molar refractivity (Wildman–Crippen MR) is 95.8 cm³/mol. The zero-order valence-corrected chi connectivity index (χ0v) is 14.6. The van der Waals surface area contributed by atoms with Crippen molar-refractivity contribution in [2.24, 2.45) is 0 Å². The van der Waals surface area contributed by atoms with Gasteiger partial charge in [-0.1, -0.05) is 12.1 Å². The predicted octanol–water partition coefficient (Wildman–Crippen LogP) is 2.79. The van der Waals surface area contributed by atoms with Gasteiger partial charge in [-0.25, -0.2) is 0 Å². The Bertz CT molecular complexity index is 564. The van der Waals surface area contributed by atoms with Crippen molar-refractivity contribution >= 4 is 23.4 Å². The van der Waals surface area contributed by atoms with E-state index in [0.29, 0.717) is 12.8 Å². The van der Waals surface area contributed by atoms with E-state index in [2.05, 4.69) is 23.2 Å². The molecule has 1 aliphatic carbocycles. The van der Waals surface area contributed by atoms with Crippen LogP contribution in [0.5, 0.6) is 0 Å². The van der Waals surface area contributed by atoms with Gasteiger partial charge in [-0.3, -0.25) is 9.69 Å². The molecule has 0 atom stereocenters. The van der Waals surface area contributed by atoms with Crippen molar-refractivity contribution in [3.05, 3.63) is 29.3 Å². The molecule has 1 saturated heterocycles. The zero-order chi connectivity index (χ0) is 16.3. The summed E-state index contributed by atoms with van der Waals surface area (Å²) in [5, 5.41) is 13.4. The molecule has 126 valence electrons. The van der Waals surface area contributed by atoms with Crippen LogP contribution in [0, 0.1) is 6.92 Å². The summed E-state index contributed by atoms with van der Waals surface area (Å²) in [6.45, 7) is 5.24. The first-order chi connectivity index (χ1) is 11.1. The van der Waals surface area contributed by atoms with Gasteiger partial charge in [0, 0.05) is 36.8 Å². The number of carbonyl (C=O) groups excluding carboxylic acids is 1. The summed E-state index contributed by atoms with van der Waals surface area (Å²) in [6, 6.07) is 6.06. The van der Waals surface area contributed by atoms with E-state index in [4.69, 9.17) is 0 Å². The fraction of sp³-hybridized carbons (Fsp3) is 0.611. The number of amides is 1. The van der Waals surface area contributed by atoms with Crippen molar-refractivity contribution in [2.45, 2.75) is 44.8 Å². The Morgan fingerprint density at radius 2 is 2.00 bits per heavy atom. The van der Waals surface area contributed by atoms with Crippen molar-refractivity contribution in [3.63, 3.8) is 0 Å². The lowest BCUT2D eigenvalue weighted by Crippen LogP contribution is -2.40. The molecule has 0 spiro atoms. The lowest BCUT2D eigenvalue weighted by Gasteiger charge is -2.27. The molecule has 2 N–H and O–H groups in total. The molecule has 2 aliphatic rings. The number of hydrogen-bond acceptors (Lipinski definition) is 4. The smallest absolute Gasteiger partial charge is 0.256 e. The van der Waals surface area contributed by atoms with Crippen LogP contribution in [-0.2, 0) is 11.3 Å². The highest BCUT2D eigenvalue weighted by Crippen LogP contribution is 2.31. The van der Waals surface area contributed by atoms with Crippen LogP contribution < -0.4 is 5.32 Å². The lowest BCUT2D eigenvalue weighted by atomic mass is 10.0. The summed E-state index contributed by atoms with van der Waals surface area (Å²) in [5.41, 5.74) is 2.03. The average Bonchev–Trinajstić information content (AvgIpc) is 3.00. The second-order valence-electron chi connectivity index (χ2n) is 6.67. The van der Waals surface area contributed by atoms with Crippen LogP contribution >= 0.6 is 11.8 Å². The van der Waals surface area contributed by atoms with Gasteiger partial charge in [-0.15, -0.1) is 0 Å². The van der Waals surface area contributed by atoms with Gasteiger partial charge in [0.05, 0.1) is 0 Å². The molecule has 3 rings (SSSR count). The van der Waals surface area contributed by atoms with Gasteiger partial charge in [0.2, 0.25) is 0 Å². The van der Waals surface area contributed by atoms with Gasteiger partial charge in [0.25, 0.3) is 5.91 Å². The summed E-state index contributed by atoms with van der Waals surface area (Å²) in [5.74, 6) is 2.15. The van der Waals surface area contributed by atoms with Gasteiger partial charge in [-0.2, -0.15) is 11.8 Å². The Morgan fingerprint density at radius 1 is 1.30 bits per heavy atom. The van der Waals surface area contributed by atoms with Gasteiger partial charge >= 0.3 is 0 Å². The molecule has 23 heavy (non-hydrogen) atoms. The maximum atomic E-state index is 12.4. The topological polar surface area (TPSA) is 52.6 Å². The fourth-order valence-corrected chi connectivity index (χ4v) is 4.39. The number of rotatable bonds is 4. The van der Waals surface area contributed by atoms with E-state index in [1.807, 2.05) is 23.9 Å². The Balaban J connectivity index is 1.70. The molecular weight excluding hydrogens is 308 g/mol. The molecule has 1 heterocycles. The average molecular weight is 334 g/mol. The Hall–Kier alpha value is -1.04. The van der Waals surface area contributed by atoms with Crippen LogP contribution in [0.2, 0.25) is 0 Å². The number of carbonyl (C=O) groups is 1. The molecular formula is C18H26N2O2S. The Morgan fingerprint density at radius 3 is 2.70 bits per heavy atom. The van der Waals surface area contributed by atoms with Crippen LogP contribution in [0.4, 0.5) is 5.69 Å². The molecule has 0 bridgehead atoms. The number of hydrogen-bond donors (Lipinski definition) is 2. The van der Waals surface area contributed by atoms with Crippen LogP contribution in [0.15, 0.2) is 18.2 Å². The van der Waals surface area contributed by atoms with E-state index in [1.54, 1.807) is 0 Å². The summed E-state index contributed by atoms with van der Waals surface area (Å²) in [4.78, 5) is 14.9. The number of nitrogens with one attached hydrogen (secondary N) is 1. The van der Waals surface area contributed by atoms with Gasteiger partial charge in [0.15, 0.2) is 0 Å². The summed E-state index contributed by atoms with van der Waals surface area (Å²) >= 11 is 2.01. The van der Waals surface area contributed by atoms with E-state index in [-0.39, 0.29) is 5.91 Å². The van der Waals surface area contributed by atoms with E-state index in [0.717, 1.165) is 43.7 Å². The molecule has 1 aromatic rings. The molecule has 1 amide bonds. The lowest BCUT2D eigenvalue weighted by molar-refractivity contribution is -0.133. The molecule has 5 heteroatoms. The van der Waals surface area contributed by atoms with Gasteiger partial charge in [-0.05, 0) is 49.8 Å². The Labute approximate surface area is 142 Å². The van der Waals surface area contributed by atoms with Crippen molar-refractivity contribution in [1.29, 1.82) is 0 Å². The maximum absolute atomic E-state index is 12.4. The highest BCUT2D eigenvalue weighted by molar-refractivity contribution is 7.99. The zero-order valence-electron chi connectivity index (χ0n) is 13.8. The minimum Gasteiger partial charge on any atom is -0.380 e. The quantitative estimate of drug-likeness (QED) is 0.889. The van der Waals surface area contributed by atoms with Crippen molar-refractivity contribution < 1.29 is 9.90 Å². The van der Waals surface area contributed by atoms with Crippen molar-refractivity contribution in [2.75, 3.05) is 29.9 Å². The number of thioether (sulfide) groups is 1. The van der Waals surface area contributed by atoms with Gasteiger partial charge < -0.3 is 10.4 Å². The molecule has 0 unspecified atom stereocenters. The Kier molecular flexibility index (Phi) is 5.29. The van der Waals surface area contributed by atoms with E-state index >= 15 is 0 Å². The second kappa shape index (κ2) is 7.24. The standard InChI is InChI=1S/C18H26N2O2S/c1-14-15(13-20-9-11-23-12-10-20)5-4-6-16(14)19-17(21)18(22)7-2-3-8-18/h4-6,22H,2-3,7-13H2,1H3,(H,19,21). The molecule has 4 nitrogen and oxygen atoms in total. The molecule has 0 aromatic heterocycles. The number of nitrogens with zero attached hydrogens (tertiary/aromatic N) is 1. The SMILES string of the molecule is Cc1c(CN2CCSCC2)cccc1NC(=O)C1(O)CCCC1. The fourth-order valence-electron chi connectivity index (χ4n) is 3.42. The minimum absolute atomic E-state index is 0.246. The highest BCUT2D eigenvalue weighted by atomic mass is 32.2. The second-order valence-corrected chi connectivity index (χ2v) is 7.90. The molecule has 1 aromatic carbocycles. The van der Waals surface area contributed by atoms with Crippen molar-refractivity contribution in [1.82, 2.24) is 4.90 Å². The molecule has 2 fully saturated rings. The van der Waals surface area contributed by atoms with E-state index in [1.165, 1.54) is 17.1 Å². The number of anilines is 1. The van der Waals surface area contributed by atoms with E-state index in [9.17, 15) is 9.90 Å². The molecule has 1 aliphatic heterocycles. The van der Waals surface area contributed by atoms with Crippen molar-refractivity contribution in [3.8, 4) is 0 Å². The first-order valence-corrected chi connectivity index (χ1v) is 9.66. The van der Waals surface area contributed by atoms with Crippen LogP contribution in [-0.4, -0.2) is 46.1 Å². The molecule has 0 radical (unpaired) electrons. The van der Waals surface area contributed by atoms with Crippen LogP contribution in [0.3, 0.4) is 0 Å². The highest BCUT2D eigenvalue weighted by Gasteiger charge is 2.38. The first-order valence-electron chi connectivity index (χ1n) is 8.51. The first kappa shape index (κ1) is 16.8. The number of aliphatic hydroxyl groups is 1. The normalized spacial score (nSPS) is 21.3. The molecule has 1 saturated carbocycles. The van der Waals surface area contributed by atoms with Crippen LogP contribution in [0.25, 0.3) is 0 Å². The third kappa shape index (κ3) is 3.90.